The fourth-order valence-corrected chi connectivity index (χ4v) is 2.52. The van der Waals surface area contributed by atoms with Gasteiger partial charge in [-0.15, -0.1) is 0 Å². The predicted molar refractivity (Wildman–Crippen MR) is 81.3 cm³/mol. The first kappa shape index (κ1) is 17.8. The number of hydrogen-bond acceptors (Lipinski definition) is 3. The zero-order valence-corrected chi connectivity index (χ0v) is 13.2. The molecule has 0 aromatic heterocycles. The summed E-state index contributed by atoms with van der Waals surface area (Å²) in [6.45, 7) is 4.55. The van der Waals surface area contributed by atoms with E-state index in [1.807, 2.05) is 19.9 Å². The predicted octanol–water partition coefficient (Wildman–Crippen LogP) is 4.49. The molecule has 0 aliphatic heterocycles. The number of methoxy groups -OCH3 is 1. The van der Waals surface area contributed by atoms with Crippen molar-refractivity contribution < 1.29 is 9.53 Å². The zero-order valence-electron chi connectivity index (χ0n) is 10.8. The van der Waals surface area contributed by atoms with E-state index in [9.17, 15) is 4.79 Å². The van der Waals surface area contributed by atoms with Crippen LogP contribution in [0.3, 0.4) is 0 Å². The number of halogens is 2. The maximum Gasteiger partial charge on any atom is 0.217 e. The number of thioether (sulfide) groups is 1. The molecule has 0 aromatic rings. The third kappa shape index (κ3) is 6.64. The van der Waals surface area contributed by atoms with Gasteiger partial charge in [0.1, 0.15) is 0 Å². The van der Waals surface area contributed by atoms with E-state index in [1.54, 1.807) is 19.3 Å². The lowest BCUT2D eigenvalue weighted by Crippen LogP contribution is -2.02. The van der Waals surface area contributed by atoms with Gasteiger partial charge in [0.25, 0.3) is 0 Å². The summed E-state index contributed by atoms with van der Waals surface area (Å²) >= 11 is 13.0. The van der Waals surface area contributed by atoms with Crippen molar-refractivity contribution in [2.24, 2.45) is 0 Å². The first-order chi connectivity index (χ1) is 8.65. The Kier molecular flexibility index (Phi) is 10.5. The van der Waals surface area contributed by atoms with Crippen molar-refractivity contribution in [2.45, 2.75) is 20.3 Å². The third-order valence-electron chi connectivity index (χ3n) is 1.92. The minimum absolute atomic E-state index is 0.0192. The minimum atomic E-state index is -0.0192. The summed E-state index contributed by atoms with van der Waals surface area (Å²) in [5.74, 6) is 0.629. The first-order valence-corrected chi connectivity index (χ1v) is 7.47. The summed E-state index contributed by atoms with van der Waals surface area (Å²) in [7, 11) is 1.61. The monoisotopic (exact) mass is 308 g/mol. The van der Waals surface area contributed by atoms with Crippen LogP contribution in [-0.2, 0) is 9.53 Å². The Morgan fingerprint density at radius 3 is 2.72 bits per heavy atom. The molecule has 1 aliphatic rings. The van der Waals surface area contributed by atoms with Crippen LogP contribution in [0, 0.1) is 0 Å². The maximum atomic E-state index is 11.8. The Bertz CT molecular complexity index is 360. The summed E-state index contributed by atoms with van der Waals surface area (Å²) < 4.78 is 4.88. The van der Waals surface area contributed by atoms with Crippen LogP contribution in [0.1, 0.15) is 20.3 Å². The van der Waals surface area contributed by atoms with Crippen LogP contribution >= 0.6 is 35.0 Å². The maximum absolute atomic E-state index is 11.8. The molecule has 0 unspecified atom stereocenters. The largest absolute Gasteiger partial charge is 0.384 e. The van der Waals surface area contributed by atoms with Gasteiger partial charge < -0.3 is 4.74 Å². The summed E-state index contributed by atoms with van der Waals surface area (Å²) in [6, 6.07) is 0. The standard InChI is InChI=1S/C11H12Cl2O2S.C2H6/c1-15-5-6-16-11(14)9-4-2-3-8(12)7-10(9)13;1-2/h2-3,7H,4-6H2,1H3;1-2H3. The van der Waals surface area contributed by atoms with Crippen molar-refractivity contribution in [2.75, 3.05) is 19.5 Å². The fraction of sp³-hybridized carbons (Fsp3) is 0.462. The molecule has 5 heteroatoms. The molecule has 0 saturated heterocycles. The quantitative estimate of drug-likeness (QED) is 0.716. The average molecular weight is 309 g/mol. The summed E-state index contributed by atoms with van der Waals surface area (Å²) in [5.41, 5.74) is 0.592. The number of carbonyl (C=O) groups is 1. The van der Waals surface area contributed by atoms with Gasteiger partial charge in [-0.05, 0) is 18.6 Å². The topological polar surface area (TPSA) is 26.3 Å². The highest BCUT2D eigenvalue weighted by atomic mass is 35.5. The normalized spacial score (nSPS) is 14.6. The SMILES string of the molecule is CC.COCCSC(=O)C1=C(Cl)C=C(Cl)C=CC1. The number of hydrogen-bond donors (Lipinski definition) is 0. The molecule has 0 fully saturated rings. The van der Waals surface area contributed by atoms with Gasteiger partial charge in [0.05, 0.1) is 6.61 Å². The molecule has 1 rings (SSSR count). The molecule has 0 spiro atoms. The average Bonchev–Trinajstić information content (AvgIpc) is 2.53. The van der Waals surface area contributed by atoms with Gasteiger partial charge >= 0.3 is 0 Å². The lowest BCUT2D eigenvalue weighted by Gasteiger charge is -2.04. The second-order valence-electron chi connectivity index (χ2n) is 3.09. The lowest BCUT2D eigenvalue weighted by atomic mass is 10.2. The van der Waals surface area contributed by atoms with Crippen molar-refractivity contribution in [3.8, 4) is 0 Å². The van der Waals surface area contributed by atoms with Crippen LogP contribution in [0.5, 0.6) is 0 Å². The van der Waals surface area contributed by atoms with E-state index >= 15 is 0 Å². The van der Waals surface area contributed by atoms with E-state index in [1.165, 1.54) is 11.8 Å². The Labute approximate surface area is 123 Å². The third-order valence-corrected chi connectivity index (χ3v) is 3.37. The van der Waals surface area contributed by atoms with Crippen molar-refractivity contribution in [1.29, 1.82) is 0 Å². The second-order valence-corrected chi connectivity index (χ2v) is 5.00. The molecule has 0 N–H and O–H groups in total. The first-order valence-electron chi connectivity index (χ1n) is 5.73. The second kappa shape index (κ2) is 10.7. The molecule has 0 amide bonds. The number of ether oxygens (including phenoxy) is 1. The van der Waals surface area contributed by atoms with Crippen molar-refractivity contribution >= 4 is 40.1 Å². The molecule has 1 aliphatic carbocycles. The summed E-state index contributed by atoms with van der Waals surface area (Å²) in [4.78, 5) is 11.8. The molecule has 0 bridgehead atoms. The van der Waals surface area contributed by atoms with Crippen LogP contribution in [-0.4, -0.2) is 24.6 Å². The van der Waals surface area contributed by atoms with Crippen LogP contribution < -0.4 is 0 Å². The molecule has 0 aromatic carbocycles. The zero-order chi connectivity index (χ0) is 14.0. The number of allylic oxidation sites excluding steroid dienone is 5. The molecule has 0 saturated carbocycles. The lowest BCUT2D eigenvalue weighted by molar-refractivity contribution is -0.108. The van der Waals surface area contributed by atoms with Gasteiger partial charge in [-0.3, -0.25) is 4.79 Å². The van der Waals surface area contributed by atoms with E-state index in [0.29, 0.717) is 34.4 Å². The van der Waals surface area contributed by atoms with Gasteiger partial charge in [-0.25, -0.2) is 0 Å². The van der Waals surface area contributed by atoms with Crippen LogP contribution in [0.25, 0.3) is 0 Å². The van der Waals surface area contributed by atoms with E-state index in [-0.39, 0.29) is 5.12 Å². The van der Waals surface area contributed by atoms with Crippen molar-refractivity contribution in [1.82, 2.24) is 0 Å². The highest BCUT2D eigenvalue weighted by Crippen LogP contribution is 2.26. The van der Waals surface area contributed by atoms with Gasteiger partial charge in [-0.1, -0.05) is 54.9 Å². The molecular weight excluding hydrogens is 291 g/mol. The fourth-order valence-electron chi connectivity index (χ4n) is 1.13. The molecule has 0 atom stereocenters. The van der Waals surface area contributed by atoms with Gasteiger partial charge in [0.2, 0.25) is 5.12 Å². The number of rotatable bonds is 4. The molecule has 0 radical (unpaired) electrons. The Hall–Kier alpha value is -0.220. The molecule has 2 nitrogen and oxygen atoms in total. The molecule has 0 heterocycles. The summed E-state index contributed by atoms with van der Waals surface area (Å²) in [6.07, 6.45) is 5.68. The van der Waals surface area contributed by atoms with E-state index in [4.69, 9.17) is 27.9 Å². The van der Waals surface area contributed by atoms with E-state index in [0.717, 1.165) is 0 Å². The summed E-state index contributed by atoms with van der Waals surface area (Å²) in [5, 5.41) is 0.939. The van der Waals surface area contributed by atoms with Crippen LogP contribution in [0.2, 0.25) is 0 Å². The minimum Gasteiger partial charge on any atom is -0.384 e. The molecule has 102 valence electrons. The van der Waals surface area contributed by atoms with Crippen molar-refractivity contribution in [3.63, 3.8) is 0 Å². The highest BCUT2D eigenvalue weighted by Gasteiger charge is 2.14. The van der Waals surface area contributed by atoms with Crippen molar-refractivity contribution in [3.05, 3.63) is 33.9 Å². The highest BCUT2D eigenvalue weighted by molar-refractivity contribution is 8.14. The van der Waals surface area contributed by atoms with Gasteiger partial charge in [0, 0.05) is 28.5 Å². The Morgan fingerprint density at radius 1 is 1.44 bits per heavy atom. The van der Waals surface area contributed by atoms with E-state index < -0.39 is 0 Å². The Morgan fingerprint density at radius 2 is 2.11 bits per heavy atom. The van der Waals surface area contributed by atoms with Gasteiger partial charge in [-0.2, -0.15) is 0 Å². The molecule has 18 heavy (non-hydrogen) atoms. The van der Waals surface area contributed by atoms with E-state index in [2.05, 4.69) is 0 Å². The number of carbonyl (C=O) groups excluding carboxylic acids is 1. The van der Waals surface area contributed by atoms with Crippen LogP contribution in [0.4, 0.5) is 0 Å². The molecular formula is C13H18Cl2O2S. The van der Waals surface area contributed by atoms with Gasteiger partial charge in [0.15, 0.2) is 0 Å². The smallest absolute Gasteiger partial charge is 0.217 e. The Balaban J connectivity index is 0.00000137. The van der Waals surface area contributed by atoms with Crippen LogP contribution in [0.15, 0.2) is 33.9 Å².